The van der Waals surface area contributed by atoms with Gasteiger partial charge in [0, 0.05) is 35.9 Å². The fraction of sp³-hybridized carbons (Fsp3) is 0.400. The number of carbonyl (C=O) groups excluding carboxylic acids is 2. The molecular formula is C20H24N2O2S. The van der Waals surface area contributed by atoms with Crippen molar-refractivity contribution < 1.29 is 9.59 Å². The van der Waals surface area contributed by atoms with Crippen molar-refractivity contribution in [2.45, 2.75) is 37.5 Å². The van der Waals surface area contributed by atoms with Crippen LogP contribution in [0, 0.1) is 0 Å². The highest BCUT2D eigenvalue weighted by Crippen LogP contribution is 2.43. The Kier molecular flexibility index (Phi) is 5.87. The first-order valence-corrected chi connectivity index (χ1v) is 9.77. The third-order valence-electron chi connectivity index (χ3n) is 4.97. The van der Waals surface area contributed by atoms with Gasteiger partial charge in [0.2, 0.25) is 5.91 Å². The van der Waals surface area contributed by atoms with Crippen molar-refractivity contribution in [3.63, 3.8) is 0 Å². The minimum atomic E-state index is -0.0702. The Morgan fingerprint density at radius 2 is 1.88 bits per heavy atom. The van der Waals surface area contributed by atoms with Gasteiger partial charge in [-0.3, -0.25) is 9.59 Å². The predicted octanol–water partition coefficient (Wildman–Crippen LogP) is 3.50. The molecule has 0 saturated heterocycles. The summed E-state index contributed by atoms with van der Waals surface area (Å²) in [6.45, 7) is 1.23. The van der Waals surface area contributed by atoms with Gasteiger partial charge < -0.3 is 10.6 Å². The molecular weight excluding hydrogens is 332 g/mol. The van der Waals surface area contributed by atoms with E-state index in [9.17, 15) is 9.59 Å². The van der Waals surface area contributed by atoms with Crippen LogP contribution in [-0.4, -0.2) is 24.9 Å². The maximum atomic E-state index is 12.1. The van der Waals surface area contributed by atoms with E-state index in [1.54, 1.807) is 6.07 Å². The molecule has 2 aromatic rings. The SMILES string of the molecule is O=C(CCCNC(=O)c1ccsc1)NCC1(c2ccccc2)CCC1. The Hall–Kier alpha value is -2.14. The second-order valence-electron chi connectivity index (χ2n) is 6.65. The van der Waals surface area contributed by atoms with Crippen LogP contribution in [-0.2, 0) is 10.2 Å². The van der Waals surface area contributed by atoms with E-state index in [4.69, 9.17) is 0 Å². The van der Waals surface area contributed by atoms with Crippen molar-refractivity contribution in [1.82, 2.24) is 10.6 Å². The third kappa shape index (κ3) is 4.48. The van der Waals surface area contributed by atoms with E-state index in [2.05, 4.69) is 34.9 Å². The predicted molar refractivity (Wildman–Crippen MR) is 101 cm³/mol. The third-order valence-corrected chi connectivity index (χ3v) is 5.65. The minimum Gasteiger partial charge on any atom is -0.355 e. The number of rotatable bonds is 8. The van der Waals surface area contributed by atoms with Crippen LogP contribution >= 0.6 is 11.3 Å². The number of hydrogen-bond acceptors (Lipinski definition) is 3. The Balaban J connectivity index is 1.37. The van der Waals surface area contributed by atoms with Crippen molar-refractivity contribution in [2.75, 3.05) is 13.1 Å². The van der Waals surface area contributed by atoms with Gasteiger partial charge in [-0.25, -0.2) is 0 Å². The highest BCUT2D eigenvalue weighted by atomic mass is 32.1. The Bertz CT molecular complexity index is 694. The molecule has 0 radical (unpaired) electrons. The number of carbonyl (C=O) groups is 2. The summed E-state index contributed by atoms with van der Waals surface area (Å²) in [4.78, 5) is 23.9. The van der Waals surface area contributed by atoms with Crippen LogP contribution in [0.2, 0.25) is 0 Å². The van der Waals surface area contributed by atoms with Crippen LogP contribution in [0.25, 0.3) is 0 Å². The first kappa shape index (κ1) is 17.7. The lowest BCUT2D eigenvalue weighted by atomic mass is 9.64. The zero-order chi connectivity index (χ0) is 17.5. The topological polar surface area (TPSA) is 58.2 Å². The lowest BCUT2D eigenvalue weighted by molar-refractivity contribution is -0.121. The molecule has 0 spiro atoms. The summed E-state index contributed by atoms with van der Waals surface area (Å²) >= 11 is 1.50. The first-order valence-electron chi connectivity index (χ1n) is 8.82. The molecule has 5 heteroatoms. The van der Waals surface area contributed by atoms with E-state index < -0.39 is 0 Å². The zero-order valence-electron chi connectivity index (χ0n) is 14.3. The van der Waals surface area contributed by atoms with E-state index in [1.165, 1.54) is 23.3 Å². The molecule has 1 fully saturated rings. The van der Waals surface area contributed by atoms with E-state index in [1.807, 2.05) is 16.8 Å². The first-order chi connectivity index (χ1) is 12.2. The average Bonchev–Trinajstić information content (AvgIpc) is 3.13. The monoisotopic (exact) mass is 356 g/mol. The molecule has 0 atom stereocenters. The second kappa shape index (κ2) is 8.30. The molecule has 0 bridgehead atoms. The van der Waals surface area contributed by atoms with Crippen LogP contribution in [0.1, 0.15) is 48.0 Å². The maximum absolute atomic E-state index is 12.1. The van der Waals surface area contributed by atoms with Gasteiger partial charge >= 0.3 is 0 Å². The van der Waals surface area contributed by atoms with Gasteiger partial charge in [-0.2, -0.15) is 11.3 Å². The lowest BCUT2D eigenvalue weighted by Crippen LogP contribution is -2.45. The molecule has 3 rings (SSSR count). The molecule has 2 amide bonds. The van der Waals surface area contributed by atoms with Crippen molar-refractivity contribution in [3.05, 3.63) is 58.3 Å². The molecule has 4 nitrogen and oxygen atoms in total. The molecule has 1 saturated carbocycles. The zero-order valence-corrected chi connectivity index (χ0v) is 15.1. The number of amides is 2. The van der Waals surface area contributed by atoms with Gasteiger partial charge in [0.05, 0.1) is 0 Å². The summed E-state index contributed by atoms with van der Waals surface area (Å²) in [6, 6.07) is 12.3. The van der Waals surface area contributed by atoms with Crippen LogP contribution in [0.15, 0.2) is 47.2 Å². The summed E-state index contributed by atoms with van der Waals surface area (Å²) in [6.07, 6.45) is 4.58. The Labute approximate surface area is 152 Å². The van der Waals surface area contributed by atoms with E-state index >= 15 is 0 Å². The fourth-order valence-corrected chi connectivity index (χ4v) is 3.90. The minimum absolute atomic E-state index is 0.0620. The molecule has 0 aliphatic heterocycles. The number of thiophene rings is 1. The molecule has 1 aliphatic carbocycles. The van der Waals surface area contributed by atoms with Gasteiger partial charge in [0.1, 0.15) is 0 Å². The van der Waals surface area contributed by atoms with Crippen molar-refractivity contribution in [1.29, 1.82) is 0 Å². The molecule has 0 unspecified atom stereocenters. The summed E-state index contributed by atoms with van der Waals surface area (Å²) in [5, 5.41) is 9.64. The van der Waals surface area contributed by atoms with Crippen molar-refractivity contribution in [3.8, 4) is 0 Å². The average molecular weight is 356 g/mol. The smallest absolute Gasteiger partial charge is 0.252 e. The van der Waals surface area contributed by atoms with E-state index in [0.29, 0.717) is 31.5 Å². The quantitative estimate of drug-likeness (QED) is 0.711. The molecule has 1 aliphatic rings. The fourth-order valence-electron chi connectivity index (χ4n) is 3.27. The molecule has 2 N–H and O–H groups in total. The standard InChI is InChI=1S/C20H24N2O2S/c23-18(8-4-12-21-19(24)16-9-13-25-14-16)22-15-20(10-5-11-20)17-6-2-1-3-7-17/h1-3,6-7,9,13-14H,4-5,8,10-12,15H2,(H,21,24)(H,22,23). The maximum Gasteiger partial charge on any atom is 0.252 e. The Morgan fingerprint density at radius 3 is 2.52 bits per heavy atom. The molecule has 1 heterocycles. The van der Waals surface area contributed by atoms with Gasteiger partial charge in [-0.1, -0.05) is 36.8 Å². The second-order valence-corrected chi connectivity index (χ2v) is 7.43. The highest BCUT2D eigenvalue weighted by Gasteiger charge is 2.38. The molecule has 132 valence electrons. The van der Waals surface area contributed by atoms with Crippen LogP contribution in [0.5, 0.6) is 0 Å². The number of benzene rings is 1. The van der Waals surface area contributed by atoms with Crippen LogP contribution in [0.3, 0.4) is 0 Å². The summed E-state index contributed by atoms with van der Waals surface area (Å²) in [5.74, 6) is -0.00820. The highest BCUT2D eigenvalue weighted by molar-refractivity contribution is 7.08. The van der Waals surface area contributed by atoms with Crippen molar-refractivity contribution in [2.24, 2.45) is 0 Å². The summed E-state index contributed by atoms with van der Waals surface area (Å²) in [7, 11) is 0. The van der Waals surface area contributed by atoms with Crippen molar-refractivity contribution >= 4 is 23.2 Å². The van der Waals surface area contributed by atoms with Crippen LogP contribution < -0.4 is 10.6 Å². The summed E-state index contributed by atoms with van der Waals surface area (Å²) < 4.78 is 0. The lowest BCUT2D eigenvalue weighted by Gasteiger charge is -2.42. The van der Waals surface area contributed by atoms with Gasteiger partial charge in [-0.05, 0) is 36.3 Å². The van der Waals surface area contributed by atoms with E-state index in [-0.39, 0.29) is 17.2 Å². The molecule has 25 heavy (non-hydrogen) atoms. The molecule has 1 aromatic heterocycles. The van der Waals surface area contributed by atoms with Gasteiger partial charge in [0.25, 0.3) is 5.91 Å². The number of hydrogen-bond donors (Lipinski definition) is 2. The Morgan fingerprint density at radius 1 is 1.08 bits per heavy atom. The normalized spacial score (nSPS) is 15.2. The van der Waals surface area contributed by atoms with Gasteiger partial charge in [-0.15, -0.1) is 0 Å². The van der Waals surface area contributed by atoms with E-state index in [0.717, 1.165) is 12.8 Å². The summed E-state index contributed by atoms with van der Waals surface area (Å²) in [5.41, 5.74) is 2.12. The molecule has 1 aromatic carbocycles. The van der Waals surface area contributed by atoms with Crippen LogP contribution in [0.4, 0.5) is 0 Å². The largest absolute Gasteiger partial charge is 0.355 e. The van der Waals surface area contributed by atoms with Gasteiger partial charge in [0.15, 0.2) is 0 Å². The number of nitrogens with one attached hydrogen (secondary N) is 2.